The van der Waals surface area contributed by atoms with Crippen LogP contribution in [0.2, 0.25) is 0 Å². The summed E-state index contributed by atoms with van der Waals surface area (Å²) < 4.78 is 85.8. The number of rotatable bonds is 7. The topological polar surface area (TPSA) is 102 Å². The van der Waals surface area contributed by atoms with Gasteiger partial charge >= 0.3 is 6.18 Å². The Balaban J connectivity index is 1.43. The molecule has 2 fully saturated rings. The molecule has 13 heteroatoms. The summed E-state index contributed by atoms with van der Waals surface area (Å²) in [7, 11) is -3.98. The highest BCUT2D eigenvalue weighted by Gasteiger charge is 2.47. The number of anilines is 1. The molecule has 2 heterocycles. The molecule has 0 aliphatic carbocycles. The first-order valence-electron chi connectivity index (χ1n) is 11.4. The Morgan fingerprint density at radius 3 is 2.31 bits per heavy atom. The van der Waals surface area contributed by atoms with Crippen LogP contribution in [-0.4, -0.2) is 87.2 Å². The third-order valence-corrected chi connectivity index (χ3v) is 7.95. The van der Waals surface area contributed by atoms with Gasteiger partial charge in [0.25, 0.3) is 0 Å². The van der Waals surface area contributed by atoms with E-state index in [4.69, 9.17) is 4.74 Å². The van der Waals surface area contributed by atoms with E-state index in [1.54, 1.807) is 6.07 Å². The summed E-state index contributed by atoms with van der Waals surface area (Å²) >= 11 is 0. The van der Waals surface area contributed by atoms with Gasteiger partial charge in [0, 0.05) is 38.4 Å². The minimum Gasteiger partial charge on any atom is -0.394 e. The van der Waals surface area contributed by atoms with Gasteiger partial charge in [-0.1, -0.05) is 6.07 Å². The molecule has 0 radical (unpaired) electrons. The Kier molecular flexibility index (Phi) is 7.88. The van der Waals surface area contributed by atoms with Gasteiger partial charge in [0.05, 0.1) is 29.2 Å². The van der Waals surface area contributed by atoms with Gasteiger partial charge in [-0.15, -0.1) is 0 Å². The molecule has 4 atom stereocenters. The van der Waals surface area contributed by atoms with Crippen molar-refractivity contribution >= 4 is 15.7 Å². The van der Waals surface area contributed by atoms with Crippen LogP contribution in [-0.2, 0) is 20.9 Å². The number of hydrogen-bond acceptors (Lipinski definition) is 7. The fraction of sp³-hybridized carbons (Fsp3) is 0.478. The summed E-state index contributed by atoms with van der Waals surface area (Å²) in [6.07, 6.45) is -7.27. The van der Waals surface area contributed by atoms with E-state index in [9.17, 15) is 36.2 Å². The number of benzene rings is 2. The van der Waals surface area contributed by atoms with Gasteiger partial charge < -0.3 is 19.8 Å². The van der Waals surface area contributed by atoms with E-state index < -0.39 is 58.5 Å². The first-order chi connectivity index (χ1) is 17.0. The van der Waals surface area contributed by atoms with E-state index in [1.807, 2.05) is 9.80 Å². The Morgan fingerprint density at radius 2 is 1.69 bits per heavy atom. The van der Waals surface area contributed by atoms with Crippen molar-refractivity contribution in [3.8, 4) is 0 Å². The lowest BCUT2D eigenvalue weighted by Gasteiger charge is -2.41. The number of nitrogens with zero attached hydrogens (tertiary/aromatic N) is 2. The van der Waals surface area contributed by atoms with Crippen LogP contribution >= 0.6 is 0 Å². The number of nitrogens with one attached hydrogen (secondary N) is 1. The second-order valence-corrected chi connectivity index (χ2v) is 10.5. The molecule has 0 amide bonds. The standard InChI is InChI=1S/C23H27F4N3O5S/c24-16-4-6-18(7-5-16)36(33,34)28-13-19-21(22(32)20(14-31)35-19)30-10-8-29(9-11-30)17-3-1-2-15(12-17)23(25,26)27/h1-7,12,19-22,28,31-32H,8-11,13-14H2. The zero-order valence-electron chi connectivity index (χ0n) is 19.1. The van der Waals surface area contributed by atoms with Crippen LogP contribution in [0.4, 0.5) is 23.2 Å². The molecule has 2 aliphatic heterocycles. The summed E-state index contributed by atoms with van der Waals surface area (Å²) in [6.45, 7) is 0.834. The van der Waals surface area contributed by atoms with E-state index in [0.29, 0.717) is 31.9 Å². The van der Waals surface area contributed by atoms with Gasteiger partial charge in [-0.25, -0.2) is 17.5 Å². The van der Waals surface area contributed by atoms with E-state index in [-0.39, 0.29) is 11.4 Å². The van der Waals surface area contributed by atoms with Gasteiger partial charge in [-0.2, -0.15) is 13.2 Å². The molecular weight excluding hydrogens is 506 g/mol. The van der Waals surface area contributed by atoms with Gasteiger partial charge in [0.1, 0.15) is 18.0 Å². The SMILES string of the molecule is O=S(=O)(NCC1OC(CO)C(O)C1N1CCN(c2cccc(C(F)(F)F)c2)CC1)c1ccc(F)cc1. The highest BCUT2D eigenvalue weighted by atomic mass is 32.2. The third kappa shape index (κ3) is 5.82. The predicted octanol–water partition coefficient (Wildman–Crippen LogP) is 1.43. The highest BCUT2D eigenvalue weighted by Crippen LogP contribution is 2.33. The molecule has 3 N–H and O–H groups in total. The first-order valence-corrected chi connectivity index (χ1v) is 12.8. The van der Waals surface area contributed by atoms with Crippen LogP contribution in [0.25, 0.3) is 0 Å². The molecule has 4 unspecified atom stereocenters. The number of hydrogen-bond donors (Lipinski definition) is 3. The normalized spacial score (nSPS) is 25.9. The Bertz CT molecular complexity index is 1140. The molecule has 2 aromatic carbocycles. The smallest absolute Gasteiger partial charge is 0.394 e. The largest absolute Gasteiger partial charge is 0.416 e. The van der Waals surface area contributed by atoms with Crippen molar-refractivity contribution in [1.29, 1.82) is 0 Å². The number of aliphatic hydroxyl groups is 2. The highest BCUT2D eigenvalue weighted by molar-refractivity contribution is 7.89. The zero-order valence-corrected chi connectivity index (χ0v) is 19.9. The molecule has 2 aliphatic rings. The van der Waals surface area contributed by atoms with E-state index >= 15 is 0 Å². The maximum absolute atomic E-state index is 13.2. The van der Waals surface area contributed by atoms with Crippen molar-refractivity contribution in [2.45, 2.75) is 35.4 Å². The quantitative estimate of drug-likeness (QED) is 0.463. The molecule has 0 bridgehead atoms. The Hall–Kier alpha value is -2.29. The summed E-state index contributed by atoms with van der Waals surface area (Å²) in [5.41, 5.74) is -0.300. The summed E-state index contributed by atoms with van der Waals surface area (Å²) in [6, 6.07) is 8.73. The van der Waals surface area contributed by atoms with Crippen molar-refractivity contribution in [1.82, 2.24) is 9.62 Å². The molecule has 0 spiro atoms. The second kappa shape index (κ2) is 10.6. The van der Waals surface area contributed by atoms with E-state index in [0.717, 1.165) is 36.4 Å². The number of sulfonamides is 1. The van der Waals surface area contributed by atoms with Crippen LogP contribution in [0.3, 0.4) is 0 Å². The molecule has 2 aromatic rings. The van der Waals surface area contributed by atoms with Gasteiger partial charge in [-0.05, 0) is 42.5 Å². The average Bonchev–Trinajstić information content (AvgIpc) is 3.18. The number of halogens is 4. The summed E-state index contributed by atoms with van der Waals surface area (Å²) in [5.74, 6) is -0.577. The first kappa shape index (κ1) is 26.8. The fourth-order valence-corrected chi connectivity index (χ4v) is 5.69. The van der Waals surface area contributed by atoms with Crippen LogP contribution in [0.1, 0.15) is 5.56 Å². The lowest BCUT2D eigenvalue weighted by Crippen LogP contribution is -2.57. The molecule has 36 heavy (non-hydrogen) atoms. The van der Waals surface area contributed by atoms with Crippen molar-refractivity contribution in [3.05, 3.63) is 59.9 Å². The molecular formula is C23H27F4N3O5S. The van der Waals surface area contributed by atoms with Crippen LogP contribution in [0.5, 0.6) is 0 Å². The van der Waals surface area contributed by atoms with Gasteiger partial charge in [-0.3, -0.25) is 4.90 Å². The minimum absolute atomic E-state index is 0.132. The maximum Gasteiger partial charge on any atom is 0.416 e. The lowest BCUT2D eigenvalue weighted by molar-refractivity contribution is -0.137. The fourth-order valence-electron chi connectivity index (χ4n) is 4.64. The maximum atomic E-state index is 13.2. The number of aliphatic hydroxyl groups excluding tert-OH is 2. The minimum atomic E-state index is -4.45. The number of piperazine rings is 1. The lowest BCUT2D eigenvalue weighted by atomic mass is 10.0. The third-order valence-electron chi connectivity index (χ3n) is 6.51. The Morgan fingerprint density at radius 1 is 1.03 bits per heavy atom. The predicted molar refractivity (Wildman–Crippen MR) is 122 cm³/mol. The second-order valence-electron chi connectivity index (χ2n) is 8.75. The van der Waals surface area contributed by atoms with E-state index in [1.165, 1.54) is 6.07 Å². The number of ether oxygens (including phenoxy) is 1. The van der Waals surface area contributed by atoms with Crippen molar-refractivity contribution in [2.75, 3.05) is 44.2 Å². The zero-order chi connectivity index (χ0) is 26.1. The van der Waals surface area contributed by atoms with Crippen molar-refractivity contribution in [3.63, 3.8) is 0 Å². The average molecular weight is 534 g/mol. The van der Waals surface area contributed by atoms with Gasteiger partial charge in [0.15, 0.2) is 0 Å². The molecule has 0 aromatic heterocycles. The van der Waals surface area contributed by atoms with Crippen LogP contribution < -0.4 is 9.62 Å². The van der Waals surface area contributed by atoms with Crippen LogP contribution in [0.15, 0.2) is 53.4 Å². The Labute approximate surface area is 206 Å². The van der Waals surface area contributed by atoms with E-state index in [2.05, 4.69) is 4.72 Å². The van der Waals surface area contributed by atoms with Crippen molar-refractivity contribution < 1.29 is 40.9 Å². The molecule has 8 nitrogen and oxygen atoms in total. The monoisotopic (exact) mass is 533 g/mol. The molecule has 0 saturated carbocycles. The molecule has 2 saturated heterocycles. The summed E-state index contributed by atoms with van der Waals surface area (Å²) in [5, 5.41) is 20.4. The van der Waals surface area contributed by atoms with Crippen LogP contribution in [0, 0.1) is 5.82 Å². The molecule has 198 valence electrons. The number of alkyl halides is 3. The molecule has 4 rings (SSSR count). The van der Waals surface area contributed by atoms with Crippen molar-refractivity contribution in [2.24, 2.45) is 0 Å². The van der Waals surface area contributed by atoms with Gasteiger partial charge in [0.2, 0.25) is 10.0 Å². The summed E-state index contributed by atoms with van der Waals surface area (Å²) in [4.78, 5) is 3.57.